The van der Waals surface area contributed by atoms with Crippen LogP contribution in [-0.4, -0.2) is 30.6 Å². The summed E-state index contributed by atoms with van der Waals surface area (Å²) in [5, 5.41) is 2.69. The minimum Gasteiger partial charge on any atom is -0.464 e. The Morgan fingerprint density at radius 2 is 2.00 bits per heavy atom. The van der Waals surface area contributed by atoms with Crippen LogP contribution in [0.25, 0.3) is 0 Å². The maximum Gasteiger partial charge on any atom is 0.332 e. The van der Waals surface area contributed by atoms with Crippen LogP contribution >= 0.6 is 0 Å². The van der Waals surface area contributed by atoms with E-state index >= 15 is 0 Å². The summed E-state index contributed by atoms with van der Waals surface area (Å²) in [4.78, 5) is 22.7. The van der Waals surface area contributed by atoms with Gasteiger partial charge in [0.2, 0.25) is 5.91 Å². The third-order valence-electron chi connectivity index (χ3n) is 2.20. The normalized spacial score (nSPS) is 14.0. The molecule has 0 heterocycles. The van der Waals surface area contributed by atoms with E-state index in [-0.39, 0.29) is 12.6 Å². The van der Waals surface area contributed by atoms with Gasteiger partial charge in [0.05, 0.1) is 6.61 Å². The Morgan fingerprint density at radius 1 is 1.38 bits per heavy atom. The van der Waals surface area contributed by atoms with Crippen LogP contribution in [0.5, 0.6) is 0 Å². The first-order valence-electron chi connectivity index (χ1n) is 5.75. The first-order chi connectivity index (χ1) is 7.52. The number of unbranched alkanes of at least 4 members (excludes halogenated alkanes) is 1. The quantitative estimate of drug-likeness (QED) is 0.495. The lowest BCUT2D eigenvalue weighted by Gasteiger charge is -2.16. The number of esters is 1. The SMILES string of the molecule is CCCCC(C)NC(=O)C(N)C(=O)OCC. The molecule has 94 valence electrons. The van der Waals surface area contributed by atoms with Gasteiger partial charge in [-0.3, -0.25) is 4.79 Å². The molecule has 16 heavy (non-hydrogen) atoms. The standard InChI is InChI=1S/C11H22N2O3/c1-4-6-7-8(3)13-10(14)9(12)11(15)16-5-2/h8-9H,4-7,12H2,1-3H3,(H,13,14). The summed E-state index contributed by atoms with van der Waals surface area (Å²) in [5.74, 6) is -1.15. The summed E-state index contributed by atoms with van der Waals surface area (Å²) in [6, 6.07) is -1.18. The van der Waals surface area contributed by atoms with Crippen molar-refractivity contribution in [2.75, 3.05) is 6.61 Å². The first kappa shape index (κ1) is 14.9. The average Bonchev–Trinajstić information content (AvgIpc) is 2.25. The summed E-state index contributed by atoms with van der Waals surface area (Å²) in [5.41, 5.74) is 5.44. The maximum atomic E-state index is 11.5. The van der Waals surface area contributed by atoms with E-state index in [0.717, 1.165) is 19.3 Å². The zero-order valence-corrected chi connectivity index (χ0v) is 10.3. The number of hydrogen-bond donors (Lipinski definition) is 2. The molecule has 3 N–H and O–H groups in total. The van der Waals surface area contributed by atoms with Gasteiger partial charge in [-0.2, -0.15) is 0 Å². The zero-order chi connectivity index (χ0) is 12.6. The Morgan fingerprint density at radius 3 is 2.50 bits per heavy atom. The fourth-order valence-electron chi connectivity index (χ4n) is 1.25. The van der Waals surface area contributed by atoms with Crippen LogP contribution in [0.3, 0.4) is 0 Å². The van der Waals surface area contributed by atoms with E-state index in [1.54, 1.807) is 6.92 Å². The van der Waals surface area contributed by atoms with Gasteiger partial charge in [-0.05, 0) is 20.3 Å². The third-order valence-corrected chi connectivity index (χ3v) is 2.20. The molecule has 0 aromatic rings. The Labute approximate surface area is 96.7 Å². The predicted octanol–water partition coefficient (Wildman–Crippen LogP) is 0.572. The van der Waals surface area contributed by atoms with E-state index in [4.69, 9.17) is 5.73 Å². The highest BCUT2D eigenvalue weighted by Crippen LogP contribution is 1.99. The second-order valence-corrected chi connectivity index (χ2v) is 3.78. The van der Waals surface area contributed by atoms with E-state index in [1.807, 2.05) is 6.92 Å². The Hall–Kier alpha value is -1.10. The molecular weight excluding hydrogens is 208 g/mol. The summed E-state index contributed by atoms with van der Waals surface area (Å²) in [6.45, 7) is 5.88. The van der Waals surface area contributed by atoms with Crippen molar-refractivity contribution >= 4 is 11.9 Å². The van der Waals surface area contributed by atoms with Crippen molar-refractivity contribution in [2.24, 2.45) is 5.73 Å². The number of carbonyl (C=O) groups is 2. The average molecular weight is 230 g/mol. The lowest BCUT2D eigenvalue weighted by atomic mass is 10.1. The van der Waals surface area contributed by atoms with Crippen LogP contribution in [-0.2, 0) is 14.3 Å². The van der Waals surface area contributed by atoms with Crippen molar-refractivity contribution < 1.29 is 14.3 Å². The molecule has 2 atom stereocenters. The number of rotatable bonds is 7. The van der Waals surface area contributed by atoms with Gasteiger partial charge in [-0.25, -0.2) is 4.79 Å². The predicted molar refractivity (Wildman–Crippen MR) is 61.7 cm³/mol. The minimum atomic E-state index is -1.22. The van der Waals surface area contributed by atoms with Crippen LogP contribution in [0.2, 0.25) is 0 Å². The monoisotopic (exact) mass is 230 g/mol. The van der Waals surface area contributed by atoms with E-state index in [2.05, 4.69) is 17.0 Å². The second-order valence-electron chi connectivity index (χ2n) is 3.78. The van der Waals surface area contributed by atoms with E-state index < -0.39 is 17.9 Å². The van der Waals surface area contributed by atoms with E-state index in [1.165, 1.54) is 0 Å². The highest BCUT2D eigenvalue weighted by atomic mass is 16.5. The van der Waals surface area contributed by atoms with Gasteiger partial charge in [0.1, 0.15) is 0 Å². The molecule has 1 amide bonds. The fourth-order valence-corrected chi connectivity index (χ4v) is 1.25. The van der Waals surface area contributed by atoms with Gasteiger partial charge in [-0.15, -0.1) is 0 Å². The van der Waals surface area contributed by atoms with E-state index in [0.29, 0.717) is 0 Å². The number of carbonyl (C=O) groups excluding carboxylic acids is 2. The Kier molecular flexibility index (Phi) is 7.54. The van der Waals surface area contributed by atoms with Gasteiger partial charge in [0, 0.05) is 6.04 Å². The molecule has 0 aliphatic carbocycles. The molecule has 0 aromatic heterocycles. The van der Waals surface area contributed by atoms with Gasteiger partial charge >= 0.3 is 5.97 Å². The van der Waals surface area contributed by atoms with Crippen molar-refractivity contribution in [2.45, 2.75) is 52.1 Å². The fraction of sp³-hybridized carbons (Fsp3) is 0.818. The molecule has 0 aliphatic heterocycles. The van der Waals surface area contributed by atoms with Crippen LogP contribution in [0.1, 0.15) is 40.0 Å². The van der Waals surface area contributed by atoms with Crippen molar-refractivity contribution in [3.8, 4) is 0 Å². The van der Waals surface area contributed by atoms with Gasteiger partial charge in [0.15, 0.2) is 6.04 Å². The van der Waals surface area contributed by atoms with Gasteiger partial charge in [0.25, 0.3) is 0 Å². The first-order valence-corrected chi connectivity index (χ1v) is 5.75. The van der Waals surface area contributed by atoms with E-state index in [9.17, 15) is 9.59 Å². The lowest BCUT2D eigenvalue weighted by molar-refractivity contribution is -0.148. The topological polar surface area (TPSA) is 81.4 Å². The largest absolute Gasteiger partial charge is 0.464 e. The Bertz CT molecular complexity index is 231. The minimum absolute atomic E-state index is 0.0351. The Balaban J connectivity index is 3.99. The van der Waals surface area contributed by atoms with Crippen molar-refractivity contribution in [1.29, 1.82) is 0 Å². The van der Waals surface area contributed by atoms with Gasteiger partial charge in [-0.1, -0.05) is 19.8 Å². The zero-order valence-electron chi connectivity index (χ0n) is 10.3. The molecule has 0 saturated carbocycles. The molecule has 0 aliphatic rings. The van der Waals surface area contributed by atoms with Crippen molar-refractivity contribution in [3.63, 3.8) is 0 Å². The summed E-state index contributed by atoms with van der Waals surface area (Å²) >= 11 is 0. The molecule has 0 rings (SSSR count). The van der Waals surface area contributed by atoms with Crippen LogP contribution in [0, 0.1) is 0 Å². The highest BCUT2D eigenvalue weighted by molar-refractivity contribution is 6.01. The summed E-state index contributed by atoms with van der Waals surface area (Å²) in [6.07, 6.45) is 3.00. The molecule has 5 heteroatoms. The number of hydrogen-bond acceptors (Lipinski definition) is 4. The third kappa shape index (κ3) is 5.70. The number of nitrogens with one attached hydrogen (secondary N) is 1. The summed E-state index contributed by atoms with van der Waals surface area (Å²) in [7, 11) is 0. The molecule has 0 spiro atoms. The molecule has 0 bridgehead atoms. The lowest BCUT2D eigenvalue weighted by Crippen LogP contribution is -2.49. The molecule has 5 nitrogen and oxygen atoms in total. The van der Waals surface area contributed by atoms with Gasteiger partial charge < -0.3 is 15.8 Å². The molecule has 0 aromatic carbocycles. The number of amides is 1. The van der Waals surface area contributed by atoms with Crippen molar-refractivity contribution in [1.82, 2.24) is 5.32 Å². The molecule has 2 unspecified atom stereocenters. The second kappa shape index (κ2) is 8.10. The number of ether oxygens (including phenoxy) is 1. The highest BCUT2D eigenvalue weighted by Gasteiger charge is 2.24. The van der Waals surface area contributed by atoms with Crippen molar-refractivity contribution in [3.05, 3.63) is 0 Å². The molecule has 0 radical (unpaired) electrons. The smallest absolute Gasteiger partial charge is 0.332 e. The van der Waals surface area contributed by atoms with Crippen LogP contribution in [0.4, 0.5) is 0 Å². The molecular formula is C11H22N2O3. The van der Waals surface area contributed by atoms with Crippen LogP contribution < -0.4 is 11.1 Å². The molecule has 0 fully saturated rings. The van der Waals surface area contributed by atoms with Crippen LogP contribution in [0.15, 0.2) is 0 Å². The molecule has 0 saturated heterocycles. The number of nitrogens with two attached hydrogens (primary N) is 1. The maximum absolute atomic E-state index is 11.5. The summed E-state index contributed by atoms with van der Waals surface area (Å²) < 4.78 is 4.66.